The number of nitrogens with zero attached hydrogens (tertiary/aromatic N) is 6. The Hall–Kier alpha value is -2.48. The first-order chi connectivity index (χ1) is 11.7. The fourth-order valence-electron chi connectivity index (χ4n) is 3.10. The van der Waals surface area contributed by atoms with Gasteiger partial charge in [-0.2, -0.15) is 10.2 Å². The lowest BCUT2D eigenvalue weighted by Gasteiger charge is -2.23. The molecule has 0 radical (unpaired) electrons. The number of aromatic nitrogens is 5. The first-order valence-corrected chi connectivity index (χ1v) is 8.81. The van der Waals surface area contributed by atoms with Gasteiger partial charge in [0.05, 0.1) is 18.8 Å². The predicted molar refractivity (Wildman–Crippen MR) is 90.6 cm³/mol. The van der Waals surface area contributed by atoms with E-state index in [2.05, 4.69) is 15.2 Å². The number of likely N-dealkylation sites (tertiary alicyclic amines) is 1. The van der Waals surface area contributed by atoms with E-state index in [1.54, 1.807) is 17.1 Å². The van der Waals surface area contributed by atoms with Gasteiger partial charge in [0.25, 0.3) is 5.91 Å². The molecule has 1 aliphatic heterocycles. The topological polar surface area (TPSA) is 68.8 Å². The van der Waals surface area contributed by atoms with E-state index in [9.17, 15) is 4.79 Å². The molecule has 124 valence electrons. The van der Waals surface area contributed by atoms with E-state index in [0.717, 1.165) is 36.5 Å². The summed E-state index contributed by atoms with van der Waals surface area (Å²) in [6, 6.07) is 2.09. The van der Waals surface area contributed by atoms with Crippen molar-refractivity contribution in [1.29, 1.82) is 0 Å². The van der Waals surface area contributed by atoms with Gasteiger partial charge in [-0.15, -0.1) is 11.3 Å². The van der Waals surface area contributed by atoms with Crippen molar-refractivity contribution in [2.75, 3.05) is 6.54 Å². The number of hydrogen-bond donors (Lipinski definition) is 0. The van der Waals surface area contributed by atoms with Crippen LogP contribution in [0.2, 0.25) is 0 Å². The Morgan fingerprint density at radius 1 is 1.42 bits per heavy atom. The fourth-order valence-corrected chi connectivity index (χ4v) is 3.87. The zero-order valence-corrected chi connectivity index (χ0v) is 14.2. The van der Waals surface area contributed by atoms with Gasteiger partial charge in [0.1, 0.15) is 10.7 Å². The van der Waals surface area contributed by atoms with Crippen LogP contribution in [-0.2, 0) is 13.6 Å². The molecule has 8 heteroatoms. The van der Waals surface area contributed by atoms with Crippen LogP contribution in [0, 0.1) is 0 Å². The molecule has 4 rings (SSSR count). The molecule has 0 aromatic carbocycles. The minimum Gasteiger partial charge on any atom is -0.332 e. The molecule has 24 heavy (non-hydrogen) atoms. The number of amides is 1. The Balaban J connectivity index is 1.51. The van der Waals surface area contributed by atoms with Crippen LogP contribution in [0.15, 0.2) is 36.2 Å². The molecular formula is C16H18N6OS. The van der Waals surface area contributed by atoms with E-state index in [1.807, 2.05) is 40.5 Å². The number of rotatable bonds is 4. The molecule has 1 saturated heterocycles. The van der Waals surface area contributed by atoms with Crippen molar-refractivity contribution in [3.63, 3.8) is 0 Å². The molecule has 1 aliphatic rings. The van der Waals surface area contributed by atoms with Gasteiger partial charge in [-0.1, -0.05) is 0 Å². The summed E-state index contributed by atoms with van der Waals surface area (Å²) >= 11 is 1.48. The standard InChI is InChI=1S/C16H18N6OS/c1-20-9-12(8-18-20)15-19-14(11-24-15)16(23)22-7-2-4-13(22)10-21-6-3-5-17-21/h3,5-6,8-9,11,13H,2,4,7,10H2,1H3/t13-/m1/s1. The predicted octanol–water partition coefficient (Wildman–Crippen LogP) is 2.04. The monoisotopic (exact) mass is 342 g/mol. The zero-order valence-electron chi connectivity index (χ0n) is 13.4. The maximum atomic E-state index is 12.9. The lowest BCUT2D eigenvalue weighted by Crippen LogP contribution is -2.38. The molecule has 3 aromatic rings. The summed E-state index contributed by atoms with van der Waals surface area (Å²) in [5.74, 6) is 0.0102. The van der Waals surface area contributed by atoms with Crippen LogP contribution in [0.3, 0.4) is 0 Å². The third-order valence-corrected chi connectivity index (χ3v) is 5.16. The summed E-state index contributed by atoms with van der Waals surface area (Å²) in [7, 11) is 1.87. The van der Waals surface area contributed by atoms with Crippen molar-refractivity contribution in [2.45, 2.75) is 25.4 Å². The summed E-state index contributed by atoms with van der Waals surface area (Å²) in [5.41, 5.74) is 1.46. The van der Waals surface area contributed by atoms with Crippen molar-refractivity contribution in [1.82, 2.24) is 29.4 Å². The average Bonchev–Trinajstić information content (AvgIpc) is 3.35. The van der Waals surface area contributed by atoms with Crippen LogP contribution < -0.4 is 0 Å². The van der Waals surface area contributed by atoms with Crippen LogP contribution in [0.4, 0.5) is 0 Å². The van der Waals surface area contributed by atoms with E-state index in [0.29, 0.717) is 5.69 Å². The van der Waals surface area contributed by atoms with Crippen LogP contribution in [0.25, 0.3) is 10.6 Å². The minimum absolute atomic E-state index is 0.0102. The second kappa shape index (κ2) is 6.20. The second-order valence-electron chi connectivity index (χ2n) is 5.96. The van der Waals surface area contributed by atoms with Crippen molar-refractivity contribution in [3.8, 4) is 10.6 Å². The fraction of sp³-hybridized carbons (Fsp3) is 0.375. The van der Waals surface area contributed by atoms with Crippen molar-refractivity contribution in [2.24, 2.45) is 7.05 Å². The van der Waals surface area contributed by atoms with Crippen LogP contribution >= 0.6 is 11.3 Å². The molecule has 1 fully saturated rings. The molecule has 0 N–H and O–H groups in total. The molecule has 1 amide bonds. The first kappa shape index (κ1) is 15.1. The lowest BCUT2D eigenvalue weighted by molar-refractivity contribution is 0.0716. The summed E-state index contributed by atoms with van der Waals surface area (Å²) in [6.07, 6.45) is 9.40. The first-order valence-electron chi connectivity index (χ1n) is 7.93. The molecule has 0 saturated carbocycles. The maximum Gasteiger partial charge on any atom is 0.273 e. The van der Waals surface area contributed by atoms with Gasteiger partial charge in [0, 0.05) is 43.1 Å². The van der Waals surface area contributed by atoms with Crippen molar-refractivity contribution >= 4 is 17.2 Å². The molecule has 3 aromatic heterocycles. The normalized spacial score (nSPS) is 17.5. The van der Waals surface area contributed by atoms with Crippen molar-refractivity contribution < 1.29 is 4.79 Å². The molecule has 0 unspecified atom stereocenters. The Morgan fingerprint density at radius 2 is 2.33 bits per heavy atom. The number of hydrogen-bond acceptors (Lipinski definition) is 5. The molecular weight excluding hydrogens is 324 g/mol. The average molecular weight is 342 g/mol. The molecule has 1 atom stereocenters. The van der Waals surface area contributed by atoms with E-state index in [-0.39, 0.29) is 11.9 Å². The summed E-state index contributed by atoms with van der Waals surface area (Å²) in [6.45, 7) is 1.52. The zero-order chi connectivity index (χ0) is 16.5. The highest BCUT2D eigenvalue weighted by Gasteiger charge is 2.31. The number of carbonyl (C=O) groups is 1. The molecule has 0 spiro atoms. The van der Waals surface area contributed by atoms with E-state index < -0.39 is 0 Å². The Labute approximate surface area is 143 Å². The van der Waals surface area contributed by atoms with E-state index in [1.165, 1.54) is 11.3 Å². The number of aryl methyl sites for hydroxylation is 1. The summed E-state index contributed by atoms with van der Waals surface area (Å²) in [4.78, 5) is 19.3. The highest BCUT2D eigenvalue weighted by atomic mass is 32.1. The van der Waals surface area contributed by atoms with Crippen LogP contribution in [0.5, 0.6) is 0 Å². The molecule has 0 bridgehead atoms. The Kier molecular flexibility index (Phi) is 3.89. The SMILES string of the molecule is Cn1cc(-c2nc(C(=O)N3CCC[C@@H]3Cn3cccn3)cs2)cn1. The third kappa shape index (κ3) is 2.84. The van der Waals surface area contributed by atoms with Crippen LogP contribution in [-0.4, -0.2) is 47.9 Å². The highest BCUT2D eigenvalue weighted by Crippen LogP contribution is 2.26. The largest absolute Gasteiger partial charge is 0.332 e. The summed E-state index contributed by atoms with van der Waals surface area (Å²) in [5, 5.41) is 11.1. The van der Waals surface area contributed by atoms with Gasteiger partial charge in [-0.05, 0) is 18.9 Å². The van der Waals surface area contributed by atoms with Gasteiger partial charge in [0.2, 0.25) is 0 Å². The Bertz CT molecular complexity index is 837. The number of carbonyl (C=O) groups excluding carboxylic acids is 1. The molecule has 0 aliphatic carbocycles. The van der Waals surface area contributed by atoms with Gasteiger partial charge in [-0.3, -0.25) is 14.2 Å². The van der Waals surface area contributed by atoms with Gasteiger partial charge >= 0.3 is 0 Å². The van der Waals surface area contributed by atoms with E-state index in [4.69, 9.17) is 0 Å². The second-order valence-corrected chi connectivity index (χ2v) is 6.82. The highest BCUT2D eigenvalue weighted by molar-refractivity contribution is 7.13. The van der Waals surface area contributed by atoms with Crippen LogP contribution in [0.1, 0.15) is 23.3 Å². The van der Waals surface area contributed by atoms with Gasteiger partial charge in [0.15, 0.2) is 0 Å². The van der Waals surface area contributed by atoms with E-state index >= 15 is 0 Å². The Morgan fingerprint density at radius 3 is 3.08 bits per heavy atom. The number of thiazole rings is 1. The third-order valence-electron chi connectivity index (χ3n) is 4.27. The molecule has 7 nitrogen and oxygen atoms in total. The smallest absolute Gasteiger partial charge is 0.273 e. The van der Waals surface area contributed by atoms with Gasteiger partial charge < -0.3 is 4.90 Å². The van der Waals surface area contributed by atoms with Gasteiger partial charge in [-0.25, -0.2) is 4.98 Å². The van der Waals surface area contributed by atoms with Crippen molar-refractivity contribution in [3.05, 3.63) is 41.9 Å². The minimum atomic E-state index is 0.0102. The lowest BCUT2D eigenvalue weighted by atomic mass is 10.2. The maximum absolute atomic E-state index is 12.9. The molecule has 4 heterocycles. The quantitative estimate of drug-likeness (QED) is 0.728. The summed E-state index contributed by atoms with van der Waals surface area (Å²) < 4.78 is 3.62.